The van der Waals surface area contributed by atoms with Crippen molar-refractivity contribution in [1.82, 2.24) is 0 Å². The molecular formula is C18H15F4NO2S. The maximum absolute atomic E-state index is 13.6. The summed E-state index contributed by atoms with van der Waals surface area (Å²) in [4.78, 5) is 13.7. The molecule has 0 unspecified atom stereocenters. The van der Waals surface area contributed by atoms with Crippen molar-refractivity contribution in [2.45, 2.75) is 32.0 Å². The largest absolute Gasteiger partial charge is 0.573 e. The molecule has 0 saturated heterocycles. The highest BCUT2D eigenvalue weighted by atomic mass is 32.1. The van der Waals surface area contributed by atoms with Gasteiger partial charge in [-0.1, -0.05) is 12.2 Å². The second-order valence-corrected chi connectivity index (χ2v) is 6.74. The van der Waals surface area contributed by atoms with Gasteiger partial charge in [-0.2, -0.15) is 0 Å². The van der Waals surface area contributed by atoms with Gasteiger partial charge in [-0.15, -0.1) is 24.5 Å². The van der Waals surface area contributed by atoms with E-state index in [1.807, 2.05) is 0 Å². The molecule has 3 rings (SSSR count). The highest BCUT2D eigenvalue weighted by molar-refractivity contribution is 7.10. The van der Waals surface area contributed by atoms with Crippen LogP contribution in [0.2, 0.25) is 0 Å². The molecule has 2 aromatic rings. The summed E-state index contributed by atoms with van der Waals surface area (Å²) in [6.07, 6.45) is 2.50. The van der Waals surface area contributed by atoms with Crippen LogP contribution in [0.15, 0.2) is 35.7 Å². The average Bonchev–Trinajstić information content (AvgIpc) is 2.86. The van der Waals surface area contributed by atoms with Gasteiger partial charge in [-0.3, -0.25) is 4.79 Å². The third-order valence-corrected chi connectivity index (χ3v) is 4.94. The molecule has 0 radical (unpaired) electrons. The van der Waals surface area contributed by atoms with Crippen molar-refractivity contribution in [2.24, 2.45) is 0 Å². The van der Waals surface area contributed by atoms with Crippen LogP contribution in [0.1, 0.15) is 33.6 Å². The van der Waals surface area contributed by atoms with E-state index in [-0.39, 0.29) is 5.69 Å². The van der Waals surface area contributed by atoms with Crippen LogP contribution in [0, 0.1) is 5.82 Å². The first kappa shape index (κ1) is 18.4. The van der Waals surface area contributed by atoms with E-state index in [2.05, 4.69) is 22.2 Å². The average molecular weight is 385 g/mol. The van der Waals surface area contributed by atoms with Crippen LogP contribution in [-0.4, -0.2) is 12.3 Å². The molecule has 0 atom stereocenters. The van der Waals surface area contributed by atoms with Gasteiger partial charge in [0.05, 0.1) is 5.56 Å². The van der Waals surface area contributed by atoms with E-state index in [4.69, 9.17) is 0 Å². The summed E-state index contributed by atoms with van der Waals surface area (Å²) in [6.45, 7) is 0. The molecule has 0 spiro atoms. The summed E-state index contributed by atoms with van der Waals surface area (Å²) in [7, 11) is 0. The first-order valence-electron chi connectivity index (χ1n) is 7.94. The SMILES string of the molecule is O=C(Nc1cc(F)cc(OC(F)(F)F)c1)c1csc2c1CCC=CCC2. The number of benzene rings is 1. The third kappa shape index (κ3) is 4.63. The van der Waals surface area contributed by atoms with Crippen LogP contribution in [-0.2, 0) is 12.8 Å². The maximum Gasteiger partial charge on any atom is 0.573 e. The van der Waals surface area contributed by atoms with Gasteiger partial charge in [0.25, 0.3) is 5.91 Å². The number of anilines is 1. The van der Waals surface area contributed by atoms with Gasteiger partial charge in [0.2, 0.25) is 0 Å². The zero-order valence-corrected chi connectivity index (χ0v) is 14.3. The molecular weight excluding hydrogens is 370 g/mol. The maximum atomic E-state index is 13.6. The molecule has 1 aliphatic carbocycles. The van der Waals surface area contributed by atoms with Gasteiger partial charge in [0.15, 0.2) is 0 Å². The summed E-state index contributed by atoms with van der Waals surface area (Å²) in [5, 5.41) is 4.19. The van der Waals surface area contributed by atoms with Crippen LogP contribution in [0.25, 0.3) is 0 Å². The minimum Gasteiger partial charge on any atom is -0.406 e. The topological polar surface area (TPSA) is 38.3 Å². The van der Waals surface area contributed by atoms with E-state index in [9.17, 15) is 22.4 Å². The minimum atomic E-state index is -4.94. The molecule has 0 aliphatic heterocycles. The lowest BCUT2D eigenvalue weighted by Crippen LogP contribution is -2.18. The van der Waals surface area contributed by atoms with Crippen LogP contribution in [0.4, 0.5) is 23.2 Å². The van der Waals surface area contributed by atoms with Crippen molar-refractivity contribution in [3.63, 3.8) is 0 Å². The Morgan fingerprint density at radius 2 is 1.85 bits per heavy atom. The molecule has 138 valence electrons. The highest BCUT2D eigenvalue weighted by Gasteiger charge is 2.31. The van der Waals surface area contributed by atoms with Crippen LogP contribution in [0.3, 0.4) is 0 Å². The fourth-order valence-corrected chi connectivity index (χ4v) is 3.90. The van der Waals surface area contributed by atoms with E-state index in [1.165, 1.54) is 11.3 Å². The van der Waals surface area contributed by atoms with Crippen LogP contribution in [0.5, 0.6) is 5.75 Å². The predicted molar refractivity (Wildman–Crippen MR) is 91.1 cm³/mol. The van der Waals surface area contributed by atoms with Gasteiger partial charge in [-0.05, 0) is 37.3 Å². The van der Waals surface area contributed by atoms with E-state index in [0.29, 0.717) is 18.1 Å². The lowest BCUT2D eigenvalue weighted by molar-refractivity contribution is -0.274. The molecule has 0 saturated carbocycles. The van der Waals surface area contributed by atoms with Gasteiger partial charge in [0.1, 0.15) is 11.6 Å². The van der Waals surface area contributed by atoms with E-state index >= 15 is 0 Å². The number of rotatable bonds is 3. The lowest BCUT2D eigenvalue weighted by atomic mass is 10.00. The normalized spacial score (nSPS) is 14.3. The molecule has 0 bridgehead atoms. The highest BCUT2D eigenvalue weighted by Crippen LogP contribution is 2.30. The number of hydrogen-bond acceptors (Lipinski definition) is 3. The molecule has 8 heteroatoms. The number of hydrogen-bond donors (Lipinski definition) is 1. The van der Waals surface area contributed by atoms with Gasteiger partial charge in [-0.25, -0.2) is 4.39 Å². The van der Waals surface area contributed by atoms with Crippen molar-refractivity contribution in [3.8, 4) is 5.75 Å². The Kier molecular flexibility index (Phi) is 5.31. The van der Waals surface area contributed by atoms with Crippen molar-refractivity contribution < 1.29 is 27.1 Å². The number of ether oxygens (including phenoxy) is 1. The quantitative estimate of drug-likeness (QED) is 0.562. The number of allylic oxidation sites excluding steroid dienone is 2. The van der Waals surface area contributed by atoms with Crippen LogP contribution >= 0.6 is 11.3 Å². The molecule has 1 N–H and O–H groups in total. The van der Waals surface area contributed by atoms with Crippen molar-refractivity contribution in [2.75, 3.05) is 5.32 Å². The number of alkyl halides is 3. The molecule has 1 aromatic heterocycles. The lowest BCUT2D eigenvalue weighted by Gasteiger charge is -2.12. The summed E-state index contributed by atoms with van der Waals surface area (Å²) in [5.41, 5.74) is 1.32. The zero-order chi connectivity index (χ0) is 18.7. The van der Waals surface area contributed by atoms with E-state index < -0.39 is 23.8 Å². The number of fused-ring (bicyclic) bond motifs is 1. The fraction of sp³-hybridized carbons (Fsp3) is 0.278. The Bertz CT molecular complexity index is 842. The van der Waals surface area contributed by atoms with Crippen LogP contribution < -0.4 is 10.1 Å². The summed E-state index contributed by atoms with van der Waals surface area (Å²) < 4.78 is 54.2. The number of nitrogens with one attached hydrogen (secondary N) is 1. The first-order chi connectivity index (χ1) is 12.3. The molecule has 0 fully saturated rings. The van der Waals surface area contributed by atoms with Crippen molar-refractivity contribution in [1.29, 1.82) is 0 Å². The first-order valence-corrected chi connectivity index (χ1v) is 8.82. The van der Waals surface area contributed by atoms with E-state index in [0.717, 1.165) is 41.8 Å². The molecule has 1 amide bonds. The fourth-order valence-electron chi connectivity index (χ4n) is 2.80. The molecule has 1 aromatic carbocycles. The molecule has 1 heterocycles. The number of carbonyl (C=O) groups is 1. The summed E-state index contributed by atoms with van der Waals surface area (Å²) >= 11 is 1.49. The Labute approximate surface area is 151 Å². The monoisotopic (exact) mass is 385 g/mol. The predicted octanol–water partition coefficient (Wildman–Crippen LogP) is 5.47. The molecule has 26 heavy (non-hydrogen) atoms. The van der Waals surface area contributed by atoms with Crippen molar-refractivity contribution in [3.05, 3.63) is 57.6 Å². The molecule has 1 aliphatic rings. The summed E-state index contributed by atoms with van der Waals surface area (Å²) in [5.74, 6) is -2.14. The Balaban J connectivity index is 1.81. The van der Waals surface area contributed by atoms with Gasteiger partial charge in [0, 0.05) is 28.1 Å². The Morgan fingerprint density at radius 1 is 1.12 bits per heavy atom. The number of aryl methyl sites for hydroxylation is 1. The number of carbonyl (C=O) groups excluding carboxylic acids is 1. The van der Waals surface area contributed by atoms with E-state index in [1.54, 1.807) is 5.38 Å². The van der Waals surface area contributed by atoms with Gasteiger partial charge >= 0.3 is 6.36 Å². The molecule has 3 nitrogen and oxygen atoms in total. The minimum absolute atomic E-state index is 0.0973. The number of halogens is 4. The number of amides is 1. The van der Waals surface area contributed by atoms with Gasteiger partial charge < -0.3 is 10.1 Å². The third-order valence-electron chi connectivity index (χ3n) is 3.85. The number of thiophene rings is 1. The second-order valence-electron chi connectivity index (χ2n) is 5.78. The second kappa shape index (κ2) is 7.49. The summed E-state index contributed by atoms with van der Waals surface area (Å²) in [6, 6.07) is 2.49. The Hall–Kier alpha value is -2.35. The smallest absolute Gasteiger partial charge is 0.406 e. The van der Waals surface area contributed by atoms with Crippen molar-refractivity contribution >= 4 is 22.9 Å². The Morgan fingerprint density at radius 3 is 2.58 bits per heavy atom. The standard InChI is InChI=1S/C18H15F4NO2S/c19-11-7-12(9-13(8-11)25-18(20,21)22)23-17(24)15-10-26-16-6-4-2-1-3-5-14(15)16/h1-2,7-10H,3-6H2,(H,23,24). The zero-order valence-electron chi connectivity index (χ0n) is 13.5.